The number of nitrogens with zero attached hydrogens (tertiary/aromatic N) is 4. The quantitative estimate of drug-likeness (QED) is 0.484. The van der Waals surface area contributed by atoms with Crippen LogP contribution in [0.1, 0.15) is 10.6 Å². The van der Waals surface area contributed by atoms with Crippen molar-refractivity contribution < 1.29 is 4.42 Å². The third-order valence-electron chi connectivity index (χ3n) is 4.15. The molecule has 0 atom stereocenters. The van der Waals surface area contributed by atoms with E-state index in [1.807, 2.05) is 36.4 Å². The Kier molecular flexibility index (Phi) is 3.34. The smallest absolute Gasteiger partial charge is 0.235 e. The number of rotatable bonds is 4. The summed E-state index contributed by atoms with van der Waals surface area (Å²) in [6.45, 7) is 0. The molecule has 0 spiro atoms. The van der Waals surface area contributed by atoms with E-state index < -0.39 is 0 Å². The molecule has 122 valence electrons. The van der Waals surface area contributed by atoms with Crippen LogP contribution in [0, 0.1) is 0 Å². The lowest BCUT2D eigenvalue weighted by atomic mass is 10.1. The van der Waals surface area contributed by atoms with Gasteiger partial charge in [0.1, 0.15) is 10.6 Å². The fourth-order valence-electron chi connectivity index (χ4n) is 2.90. The number of para-hydroxylation sites is 1. The molecule has 5 aromatic rings. The summed E-state index contributed by atoms with van der Waals surface area (Å²) < 4.78 is 7.68. The van der Waals surface area contributed by atoms with Crippen molar-refractivity contribution in [1.82, 2.24) is 19.8 Å². The first-order valence-electron chi connectivity index (χ1n) is 8.11. The predicted octanol–water partition coefficient (Wildman–Crippen LogP) is 4.38. The maximum atomic E-state index is 5.90. The van der Waals surface area contributed by atoms with E-state index in [0.717, 1.165) is 33.8 Å². The largest absolute Gasteiger partial charge is 0.453 e. The molecular weight excluding hydrogens is 332 g/mol. The average Bonchev–Trinajstić information content (AvgIpc) is 3.33. The minimum absolute atomic E-state index is 0.647. The maximum absolute atomic E-state index is 5.90. The van der Waals surface area contributed by atoms with Gasteiger partial charge in [-0.05, 0) is 24.1 Å². The second-order valence-corrected chi connectivity index (χ2v) is 6.89. The highest BCUT2D eigenvalue weighted by molar-refractivity contribution is 7.16. The van der Waals surface area contributed by atoms with Crippen LogP contribution in [0.2, 0.25) is 0 Å². The lowest BCUT2D eigenvalue weighted by Crippen LogP contribution is -1.94. The molecule has 0 radical (unpaired) electrons. The molecule has 5 rings (SSSR count). The summed E-state index contributed by atoms with van der Waals surface area (Å²) in [5, 5.41) is 15.3. The highest BCUT2D eigenvalue weighted by Gasteiger charge is 2.16. The second kappa shape index (κ2) is 5.82. The zero-order valence-corrected chi connectivity index (χ0v) is 14.1. The summed E-state index contributed by atoms with van der Waals surface area (Å²) in [6.07, 6.45) is 1.85. The highest BCUT2D eigenvalue weighted by atomic mass is 32.1. The fourth-order valence-corrected chi connectivity index (χ4v) is 3.73. The van der Waals surface area contributed by atoms with Gasteiger partial charge in [0.2, 0.25) is 10.8 Å². The van der Waals surface area contributed by atoms with Gasteiger partial charge in [0.15, 0.2) is 5.76 Å². The first kappa shape index (κ1) is 14.4. The van der Waals surface area contributed by atoms with Crippen molar-refractivity contribution in [2.45, 2.75) is 12.8 Å². The molecular formula is C19H14N4OS. The summed E-state index contributed by atoms with van der Waals surface area (Å²) in [6, 6.07) is 20.3. The van der Waals surface area contributed by atoms with E-state index in [1.165, 1.54) is 5.56 Å². The van der Waals surface area contributed by atoms with Gasteiger partial charge in [0, 0.05) is 11.8 Å². The SMILES string of the molecule is c1ccc(CCc2nn3c(-c4cc5ccccc5o4)nnc3s2)cc1. The van der Waals surface area contributed by atoms with Gasteiger partial charge in [-0.25, -0.2) is 0 Å². The molecule has 0 saturated carbocycles. The minimum Gasteiger partial charge on any atom is -0.453 e. The van der Waals surface area contributed by atoms with Crippen LogP contribution in [0.3, 0.4) is 0 Å². The molecule has 0 bridgehead atoms. The number of fused-ring (bicyclic) bond motifs is 2. The van der Waals surface area contributed by atoms with Crippen LogP contribution in [0.15, 0.2) is 65.1 Å². The van der Waals surface area contributed by atoms with Crippen molar-refractivity contribution in [2.75, 3.05) is 0 Å². The monoisotopic (exact) mass is 346 g/mol. The average molecular weight is 346 g/mol. The van der Waals surface area contributed by atoms with Crippen LogP contribution in [-0.2, 0) is 12.8 Å². The molecule has 0 aliphatic heterocycles. The van der Waals surface area contributed by atoms with Crippen molar-refractivity contribution in [2.24, 2.45) is 0 Å². The third kappa shape index (κ3) is 2.60. The van der Waals surface area contributed by atoms with Gasteiger partial charge < -0.3 is 4.42 Å². The summed E-state index contributed by atoms with van der Waals surface area (Å²) in [5.74, 6) is 1.34. The number of hydrogen-bond donors (Lipinski definition) is 0. The Balaban J connectivity index is 1.47. The molecule has 6 heteroatoms. The predicted molar refractivity (Wildman–Crippen MR) is 97.7 cm³/mol. The molecule has 0 fully saturated rings. The first-order chi connectivity index (χ1) is 12.4. The zero-order chi connectivity index (χ0) is 16.6. The van der Waals surface area contributed by atoms with E-state index in [2.05, 4.69) is 39.6 Å². The summed E-state index contributed by atoms with van der Waals surface area (Å²) in [5.41, 5.74) is 2.15. The second-order valence-electron chi connectivity index (χ2n) is 5.85. The van der Waals surface area contributed by atoms with E-state index in [1.54, 1.807) is 15.9 Å². The van der Waals surface area contributed by atoms with Gasteiger partial charge >= 0.3 is 0 Å². The fraction of sp³-hybridized carbons (Fsp3) is 0.105. The summed E-state index contributed by atoms with van der Waals surface area (Å²) in [4.78, 5) is 0.790. The van der Waals surface area contributed by atoms with Crippen molar-refractivity contribution in [3.63, 3.8) is 0 Å². The zero-order valence-electron chi connectivity index (χ0n) is 13.3. The number of benzene rings is 2. The maximum Gasteiger partial charge on any atom is 0.235 e. The lowest BCUT2D eigenvalue weighted by molar-refractivity contribution is 0.621. The van der Waals surface area contributed by atoms with Gasteiger partial charge in [-0.1, -0.05) is 59.9 Å². The highest BCUT2D eigenvalue weighted by Crippen LogP contribution is 2.28. The molecule has 2 aromatic carbocycles. The Hall–Kier alpha value is -2.99. The van der Waals surface area contributed by atoms with Crippen LogP contribution in [0.5, 0.6) is 0 Å². The Bertz CT molecular complexity index is 1120. The van der Waals surface area contributed by atoms with Crippen molar-refractivity contribution in [3.8, 4) is 11.6 Å². The molecule has 0 N–H and O–H groups in total. The van der Waals surface area contributed by atoms with Crippen molar-refractivity contribution >= 4 is 27.3 Å². The van der Waals surface area contributed by atoms with E-state index in [9.17, 15) is 0 Å². The van der Waals surface area contributed by atoms with Crippen LogP contribution < -0.4 is 0 Å². The Morgan fingerprint density at radius 1 is 0.920 bits per heavy atom. The first-order valence-corrected chi connectivity index (χ1v) is 8.92. The van der Waals surface area contributed by atoms with E-state index in [0.29, 0.717) is 11.6 Å². The molecule has 0 saturated heterocycles. The number of hydrogen-bond acceptors (Lipinski definition) is 5. The number of aromatic nitrogens is 4. The van der Waals surface area contributed by atoms with Crippen LogP contribution in [0.25, 0.3) is 27.5 Å². The van der Waals surface area contributed by atoms with Gasteiger partial charge in [-0.15, -0.1) is 10.2 Å². The van der Waals surface area contributed by atoms with Crippen molar-refractivity contribution in [1.29, 1.82) is 0 Å². The molecule has 0 unspecified atom stereocenters. The minimum atomic E-state index is 0.647. The van der Waals surface area contributed by atoms with E-state index in [4.69, 9.17) is 4.42 Å². The molecule has 3 heterocycles. The molecule has 0 amide bonds. The number of furan rings is 1. The normalized spacial score (nSPS) is 11.5. The van der Waals surface area contributed by atoms with E-state index in [-0.39, 0.29) is 0 Å². The van der Waals surface area contributed by atoms with Gasteiger partial charge in [0.25, 0.3) is 0 Å². The van der Waals surface area contributed by atoms with Gasteiger partial charge in [0.05, 0.1) is 0 Å². The van der Waals surface area contributed by atoms with E-state index >= 15 is 0 Å². The standard InChI is InChI=1S/C19H14N4OS/c1-2-6-13(7-3-1)10-11-17-22-23-18(20-21-19(23)25-17)16-12-14-8-4-5-9-15(14)24-16/h1-9,12H,10-11H2. The topological polar surface area (TPSA) is 56.2 Å². The molecule has 0 aliphatic carbocycles. The Morgan fingerprint density at radius 2 is 1.76 bits per heavy atom. The number of aryl methyl sites for hydroxylation is 2. The van der Waals surface area contributed by atoms with Gasteiger partial charge in [-0.3, -0.25) is 0 Å². The summed E-state index contributed by atoms with van der Waals surface area (Å²) >= 11 is 1.58. The Labute approximate surface area is 147 Å². The third-order valence-corrected chi connectivity index (χ3v) is 5.11. The van der Waals surface area contributed by atoms with Crippen LogP contribution >= 0.6 is 11.3 Å². The molecule has 0 aliphatic rings. The molecule has 3 aromatic heterocycles. The van der Waals surface area contributed by atoms with Crippen LogP contribution in [0.4, 0.5) is 0 Å². The van der Waals surface area contributed by atoms with Crippen LogP contribution in [-0.4, -0.2) is 19.8 Å². The molecule has 5 nitrogen and oxygen atoms in total. The molecule has 25 heavy (non-hydrogen) atoms. The Morgan fingerprint density at radius 3 is 2.64 bits per heavy atom. The van der Waals surface area contributed by atoms with Crippen molar-refractivity contribution in [3.05, 3.63) is 71.2 Å². The lowest BCUT2D eigenvalue weighted by Gasteiger charge is -1.97. The summed E-state index contributed by atoms with van der Waals surface area (Å²) in [7, 11) is 0. The van der Waals surface area contributed by atoms with Gasteiger partial charge in [-0.2, -0.15) is 9.61 Å².